The number of piperidine rings is 1. The summed E-state index contributed by atoms with van der Waals surface area (Å²) in [5.41, 5.74) is 8.39. The second kappa shape index (κ2) is 8.18. The number of para-hydroxylation sites is 2. The third-order valence-electron chi connectivity index (χ3n) is 5.87. The largest absolute Gasteiger partial charge is 0.397 e. The van der Waals surface area contributed by atoms with E-state index in [9.17, 15) is 4.79 Å². The summed E-state index contributed by atoms with van der Waals surface area (Å²) in [4.78, 5) is 16.3. The van der Waals surface area contributed by atoms with Crippen LogP contribution in [-0.2, 0) is 0 Å². The molecule has 3 N–H and O–H groups in total. The highest BCUT2D eigenvalue weighted by Gasteiger charge is 2.39. The Labute approximate surface area is 171 Å². The fraction of sp³-hybridized carbons (Fsp3) is 0.435. The molecular formula is C23H29N3OS. The van der Waals surface area contributed by atoms with E-state index in [1.165, 1.54) is 50.2 Å². The van der Waals surface area contributed by atoms with E-state index in [1.54, 1.807) is 6.07 Å². The third-order valence-corrected chi connectivity index (χ3v) is 7.22. The summed E-state index contributed by atoms with van der Waals surface area (Å²) in [5, 5.41) is 3.55. The van der Waals surface area contributed by atoms with Crippen molar-refractivity contribution in [2.24, 2.45) is 5.41 Å². The zero-order valence-electron chi connectivity index (χ0n) is 16.5. The zero-order chi connectivity index (χ0) is 19.6. The van der Waals surface area contributed by atoms with E-state index < -0.39 is 0 Å². The summed E-state index contributed by atoms with van der Waals surface area (Å²) in [7, 11) is 0. The number of nitrogen functional groups attached to an aromatic ring is 1. The van der Waals surface area contributed by atoms with Crippen LogP contribution in [0.4, 0.5) is 11.4 Å². The number of nitrogens with two attached hydrogens (primary N) is 1. The first kappa shape index (κ1) is 19.3. The van der Waals surface area contributed by atoms with E-state index in [4.69, 9.17) is 5.73 Å². The van der Waals surface area contributed by atoms with Gasteiger partial charge < -0.3 is 16.0 Å². The minimum absolute atomic E-state index is 0.128. The molecule has 1 amide bonds. The Morgan fingerprint density at radius 3 is 2.46 bits per heavy atom. The number of amides is 1. The number of nitrogens with zero attached hydrogens (tertiary/aromatic N) is 1. The van der Waals surface area contributed by atoms with Gasteiger partial charge in [0.15, 0.2) is 0 Å². The Kier molecular flexibility index (Phi) is 5.65. The number of likely N-dealkylation sites (tertiary alicyclic amines) is 1. The van der Waals surface area contributed by atoms with Crippen molar-refractivity contribution in [3.8, 4) is 0 Å². The average molecular weight is 396 g/mol. The predicted molar refractivity (Wildman–Crippen MR) is 118 cm³/mol. The van der Waals surface area contributed by atoms with Crippen LogP contribution in [0.1, 0.15) is 43.0 Å². The molecule has 4 rings (SSSR count). The number of hydrogen-bond acceptors (Lipinski definition) is 4. The van der Waals surface area contributed by atoms with Gasteiger partial charge in [0.1, 0.15) is 0 Å². The lowest BCUT2D eigenvalue weighted by molar-refractivity contribution is 0.102. The monoisotopic (exact) mass is 395 g/mol. The number of thioether (sulfide) groups is 1. The lowest BCUT2D eigenvalue weighted by Crippen LogP contribution is -2.38. The van der Waals surface area contributed by atoms with Crippen molar-refractivity contribution >= 4 is 29.0 Å². The molecule has 0 bridgehead atoms. The van der Waals surface area contributed by atoms with Crippen LogP contribution in [0.2, 0.25) is 0 Å². The van der Waals surface area contributed by atoms with Crippen molar-refractivity contribution in [2.45, 2.75) is 42.8 Å². The van der Waals surface area contributed by atoms with Gasteiger partial charge in [-0.3, -0.25) is 4.79 Å². The van der Waals surface area contributed by atoms with E-state index >= 15 is 0 Å². The van der Waals surface area contributed by atoms with Crippen molar-refractivity contribution in [3.05, 3.63) is 54.1 Å². The number of benzene rings is 2. The van der Waals surface area contributed by atoms with Crippen LogP contribution >= 0.6 is 11.8 Å². The molecule has 0 spiro atoms. The highest BCUT2D eigenvalue weighted by molar-refractivity contribution is 8.00. The maximum atomic E-state index is 12.4. The Hall–Kier alpha value is -1.98. The summed E-state index contributed by atoms with van der Waals surface area (Å²) >= 11 is 1.95. The second-order valence-electron chi connectivity index (χ2n) is 8.47. The molecule has 0 unspecified atom stereocenters. The van der Waals surface area contributed by atoms with Crippen LogP contribution in [0.5, 0.6) is 0 Å². The summed E-state index contributed by atoms with van der Waals surface area (Å²) in [6.07, 6.45) is 5.30. The van der Waals surface area contributed by atoms with Crippen LogP contribution in [-0.4, -0.2) is 35.7 Å². The van der Waals surface area contributed by atoms with Gasteiger partial charge in [0.05, 0.1) is 11.4 Å². The Balaban J connectivity index is 1.28. The molecule has 0 radical (unpaired) electrons. The molecule has 4 nitrogen and oxygen atoms in total. The Morgan fingerprint density at radius 1 is 1.14 bits per heavy atom. The molecule has 148 valence electrons. The first-order chi connectivity index (χ1) is 13.5. The lowest BCUT2D eigenvalue weighted by Gasteiger charge is -2.33. The average Bonchev–Trinajstić information content (AvgIpc) is 3.42. The SMILES string of the molecule is CC1(CN2CCC(Sc3ccc(C(=O)Nc4ccccc4N)cc3)CC2)CC1. The van der Waals surface area contributed by atoms with Crippen molar-refractivity contribution in [1.82, 2.24) is 4.90 Å². The van der Waals surface area contributed by atoms with Crippen molar-refractivity contribution < 1.29 is 4.79 Å². The topological polar surface area (TPSA) is 58.4 Å². The van der Waals surface area contributed by atoms with Crippen LogP contribution in [0.15, 0.2) is 53.4 Å². The molecule has 1 saturated heterocycles. The van der Waals surface area contributed by atoms with Crippen LogP contribution in [0.3, 0.4) is 0 Å². The van der Waals surface area contributed by atoms with Crippen LogP contribution in [0, 0.1) is 5.41 Å². The Morgan fingerprint density at radius 2 is 1.82 bits per heavy atom. The number of rotatable bonds is 6. The standard InChI is InChI=1S/C23H29N3OS/c1-23(12-13-23)16-26-14-10-19(11-15-26)28-18-8-6-17(7-9-18)22(27)25-21-5-3-2-4-20(21)24/h2-9,19H,10-16,24H2,1H3,(H,25,27). The number of carbonyl (C=O) groups is 1. The van der Waals surface area contributed by atoms with Gasteiger partial charge in [-0.15, -0.1) is 11.8 Å². The van der Waals surface area contributed by atoms with E-state index in [0.29, 0.717) is 27.6 Å². The number of anilines is 2. The maximum absolute atomic E-state index is 12.4. The van der Waals surface area contributed by atoms with Gasteiger partial charge in [-0.25, -0.2) is 0 Å². The van der Waals surface area contributed by atoms with Crippen LogP contribution in [0.25, 0.3) is 0 Å². The smallest absolute Gasteiger partial charge is 0.255 e. The number of nitrogens with one attached hydrogen (secondary N) is 1. The second-order valence-corrected chi connectivity index (χ2v) is 9.84. The summed E-state index contributed by atoms with van der Waals surface area (Å²) in [5.74, 6) is -0.128. The van der Waals surface area contributed by atoms with Gasteiger partial charge in [0, 0.05) is 22.3 Å². The van der Waals surface area contributed by atoms with Gasteiger partial charge in [-0.1, -0.05) is 19.1 Å². The summed E-state index contributed by atoms with van der Waals surface area (Å²) < 4.78 is 0. The molecule has 1 aliphatic heterocycles. The normalized spacial score (nSPS) is 19.3. The van der Waals surface area contributed by atoms with E-state index in [1.807, 2.05) is 42.1 Å². The molecule has 2 fully saturated rings. The molecule has 2 aromatic carbocycles. The van der Waals surface area contributed by atoms with Gasteiger partial charge in [-0.05, 0) is 80.6 Å². The van der Waals surface area contributed by atoms with Gasteiger partial charge in [0.25, 0.3) is 5.91 Å². The fourth-order valence-corrected chi connectivity index (χ4v) is 4.90. The van der Waals surface area contributed by atoms with Crippen molar-refractivity contribution in [1.29, 1.82) is 0 Å². The quantitative estimate of drug-likeness (QED) is 0.685. The first-order valence-electron chi connectivity index (χ1n) is 10.2. The number of carbonyl (C=O) groups excluding carboxylic acids is 1. The molecule has 0 atom stereocenters. The maximum Gasteiger partial charge on any atom is 0.255 e. The van der Waals surface area contributed by atoms with E-state index in [0.717, 1.165) is 0 Å². The van der Waals surface area contributed by atoms with Gasteiger partial charge in [-0.2, -0.15) is 0 Å². The molecule has 5 heteroatoms. The molecule has 2 aromatic rings. The predicted octanol–water partition coefficient (Wildman–Crippen LogP) is 4.88. The van der Waals surface area contributed by atoms with Gasteiger partial charge >= 0.3 is 0 Å². The zero-order valence-corrected chi connectivity index (χ0v) is 17.3. The molecule has 28 heavy (non-hydrogen) atoms. The van der Waals surface area contributed by atoms with Gasteiger partial charge in [0.2, 0.25) is 0 Å². The Bertz CT molecular complexity index is 824. The van der Waals surface area contributed by atoms with Crippen LogP contribution < -0.4 is 11.1 Å². The minimum atomic E-state index is -0.128. The third kappa shape index (κ3) is 4.89. The highest BCUT2D eigenvalue weighted by Crippen LogP contribution is 2.46. The summed E-state index contributed by atoms with van der Waals surface area (Å²) in [6.45, 7) is 6.12. The highest BCUT2D eigenvalue weighted by atomic mass is 32.2. The lowest BCUT2D eigenvalue weighted by atomic mass is 10.1. The minimum Gasteiger partial charge on any atom is -0.397 e. The van der Waals surface area contributed by atoms with Crippen molar-refractivity contribution in [3.63, 3.8) is 0 Å². The van der Waals surface area contributed by atoms with Crippen molar-refractivity contribution in [2.75, 3.05) is 30.7 Å². The first-order valence-corrected chi connectivity index (χ1v) is 11.0. The molecule has 1 heterocycles. The fourth-order valence-electron chi connectivity index (χ4n) is 3.78. The molecule has 1 saturated carbocycles. The molecular weight excluding hydrogens is 366 g/mol. The molecule has 1 aliphatic carbocycles. The summed E-state index contributed by atoms with van der Waals surface area (Å²) in [6, 6.07) is 15.2. The van der Waals surface area contributed by atoms with E-state index in [2.05, 4.69) is 29.3 Å². The molecule has 2 aliphatic rings. The number of hydrogen-bond donors (Lipinski definition) is 2. The molecule has 0 aromatic heterocycles. The van der Waals surface area contributed by atoms with E-state index in [-0.39, 0.29) is 5.91 Å².